The number of hydrogen-bond acceptors (Lipinski definition) is 4. The molecule has 132 valence electrons. The Hall–Kier alpha value is -3.68. The highest BCUT2D eigenvalue weighted by Gasteiger charge is 2.16. The number of aromatic amines is 1. The van der Waals surface area contributed by atoms with Crippen LogP contribution in [0.5, 0.6) is 0 Å². The third-order valence-electron chi connectivity index (χ3n) is 4.01. The lowest BCUT2D eigenvalue weighted by Crippen LogP contribution is -2.42. The number of nitrogens with zero attached hydrogens (tertiary/aromatic N) is 1. The Morgan fingerprint density at radius 1 is 1.15 bits per heavy atom. The lowest BCUT2D eigenvalue weighted by molar-refractivity contribution is -0.385. The first-order valence-electron chi connectivity index (χ1n) is 7.85. The van der Waals surface area contributed by atoms with Gasteiger partial charge in [-0.05, 0) is 24.6 Å². The summed E-state index contributed by atoms with van der Waals surface area (Å²) in [6, 6.07) is 11.7. The zero-order valence-electron chi connectivity index (χ0n) is 13.9. The van der Waals surface area contributed by atoms with E-state index in [1.54, 1.807) is 13.1 Å². The smallest absolute Gasteiger partial charge is 0.273 e. The number of hydrazine groups is 1. The zero-order chi connectivity index (χ0) is 18.7. The maximum Gasteiger partial charge on any atom is 0.273 e. The summed E-state index contributed by atoms with van der Waals surface area (Å²) in [5.41, 5.74) is 6.72. The van der Waals surface area contributed by atoms with Gasteiger partial charge in [-0.1, -0.05) is 24.3 Å². The predicted octanol–water partition coefficient (Wildman–Crippen LogP) is 2.39. The zero-order valence-corrected chi connectivity index (χ0v) is 13.9. The summed E-state index contributed by atoms with van der Waals surface area (Å²) in [5.74, 6) is -1.02. The number of carbonyl (C=O) groups is 2. The third kappa shape index (κ3) is 3.54. The standard InChI is InChI=1S/C18H16N4O4/c1-11-6-7-12(8-16(11)22(25)26)18(24)21-20-17(23)9-13-10-19-15-5-3-2-4-14(13)15/h2-8,10,19H,9H2,1H3,(H,20,23)(H,21,24). The van der Waals surface area contributed by atoms with Crippen LogP contribution in [0.15, 0.2) is 48.7 Å². The van der Waals surface area contributed by atoms with Crippen molar-refractivity contribution in [1.82, 2.24) is 15.8 Å². The number of rotatable bonds is 4. The first kappa shape index (κ1) is 17.2. The Morgan fingerprint density at radius 2 is 1.92 bits per heavy atom. The van der Waals surface area contributed by atoms with E-state index >= 15 is 0 Å². The number of para-hydroxylation sites is 1. The predicted molar refractivity (Wildman–Crippen MR) is 95.4 cm³/mol. The Morgan fingerprint density at radius 3 is 2.69 bits per heavy atom. The fraction of sp³-hybridized carbons (Fsp3) is 0.111. The van der Waals surface area contributed by atoms with E-state index in [1.165, 1.54) is 18.2 Å². The lowest BCUT2D eigenvalue weighted by atomic mass is 10.1. The van der Waals surface area contributed by atoms with Gasteiger partial charge in [0.05, 0.1) is 11.3 Å². The Labute approximate surface area is 148 Å². The van der Waals surface area contributed by atoms with Gasteiger partial charge in [-0.3, -0.25) is 30.6 Å². The minimum Gasteiger partial charge on any atom is -0.361 e. The molecule has 8 heteroatoms. The highest BCUT2D eigenvalue weighted by molar-refractivity contribution is 5.96. The number of H-pyrrole nitrogens is 1. The summed E-state index contributed by atoms with van der Waals surface area (Å²) < 4.78 is 0. The van der Waals surface area contributed by atoms with Crippen molar-refractivity contribution in [2.24, 2.45) is 0 Å². The Kier molecular flexibility index (Phi) is 4.66. The molecule has 3 aromatic rings. The molecule has 0 bridgehead atoms. The Bertz CT molecular complexity index is 1010. The molecule has 0 fully saturated rings. The number of fused-ring (bicyclic) bond motifs is 1. The van der Waals surface area contributed by atoms with Gasteiger partial charge in [-0.25, -0.2) is 0 Å². The van der Waals surface area contributed by atoms with Gasteiger partial charge in [0.25, 0.3) is 11.6 Å². The van der Waals surface area contributed by atoms with Gasteiger partial charge in [-0.2, -0.15) is 0 Å². The van der Waals surface area contributed by atoms with Crippen LogP contribution in [0.4, 0.5) is 5.69 Å². The number of amides is 2. The first-order chi connectivity index (χ1) is 12.5. The van der Waals surface area contributed by atoms with E-state index in [2.05, 4.69) is 15.8 Å². The molecule has 0 saturated heterocycles. The number of nitro groups is 1. The van der Waals surface area contributed by atoms with Crippen LogP contribution in [-0.2, 0) is 11.2 Å². The van der Waals surface area contributed by atoms with E-state index in [4.69, 9.17) is 0 Å². The van der Waals surface area contributed by atoms with Crippen molar-refractivity contribution < 1.29 is 14.5 Å². The number of benzene rings is 2. The van der Waals surface area contributed by atoms with Crippen LogP contribution >= 0.6 is 0 Å². The quantitative estimate of drug-likeness (QED) is 0.493. The highest BCUT2D eigenvalue weighted by Crippen LogP contribution is 2.19. The van der Waals surface area contributed by atoms with E-state index in [1.807, 2.05) is 24.3 Å². The van der Waals surface area contributed by atoms with Gasteiger partial charge >= 0.3 is 0 Å². The van der Waals surface area contributed by atoms with Gasteiger partial charge in [0, 0.05) is 34.3 Å². The molecular weight excluding hydrogens is 336 g/mol. The van der Waals surface area contributed by atoms with Crippen molar-refractivity contribution in [3.05, 3.63) is 75.5 Å². The third-order valence-corrected chi connectivity index (χ3v) is 4.01. The molecule has 0 saturated carbocycles. The topological polar surface area (TPSA) is 117 Å². The van der Waals surface area contributed by atoms with E-state index in [9.17, 15) is 19.7 Å². The molecule has 0 aliphatic heterocycles. The maximum absolute atomic E-state index is 12.1. The minimum absolute atomic E-state index is 0.0817. The molecule has 2 aromatic carbocycles. The van der Waals surface area contributed by atoms with Crippen LogP contribution in [0.1, 0.15) is 21.5 Å². The van der Waals surface area contributed by atoms with E-state index in [-0.39, 0.29) is 17.7 Å². The molecule has 0 aliphatic rings. The van der Waals surface area contributed by atoms with Crippen molar-refractivity contribution in [2.75, 3.05) is 0 Å². The number of aryl methyl sites for hydroxylation is 1. The van der Waals surface area contributed by atoms with Crippen LogP contribution in [0.3, 0.4) is 0 Å². The van der Waals surface area contributed by atoms with Gasteiger partial charge in [-0.15, -0.1) is 0 Å². The fourth-order valence-electron chi connectivity index (χ4n) is 2.64. The second-order valence-corrected chi connectivity index (χ2v) is 5.80. The molecule has 26 heavy (non-hydrogen) atoms. The monoisotopic (exact) mass is 352 g/mol. The molecule has 3 N–H and O–H groups in total. The molecule has 0 aliphatic carbocycles. The summed E-state index contributed by atoms with van der Waals surface area (Å²) in [6.45, 7) is 1.59. The van der Waals surface area contributed by atoms with E-state index in [0.717, 1.165) is 16.5 Å². The molecule has 3 rings (SSSR count). The van der Waals surface area contributed by atoms with Gasteiger partial charge in [0.1, 0.15) is 0 Å². The molecule has 8 nitrogen and oxygen atoms in total. The van der Waals surface area contributed by atoms with Crippen LogP contribution in [-0.4, -0.2) is 21.7 Å². The van der Waals surface area contributed by atoms with Crippen LogP contribution < -0.4 is 10.9 Å². The van der Waals surface area contributed by atoms with E-state index in [0.29, 0.717) is 5.56 Å². The number of carbonyl (C=O) groups excluding carboxylic acids is 2. The normalized spacial score (nSPS) is 10.5. The molecular formula is C18H16N4O4. The molecule has 0 spiro atoms. The van der Waals surface area contributed by atoms with Crippen molar-refractivity contribution in [3.63, 3.8) is 0 Å². The van der Waals surface area contributed by atoms with Crippen molar-refractivity contribution >= 4 is 28.4 Å². The lowest BCUT2D eigenvalue weighted by Gasteiger charge is -2.07. The molecule has 2 amide bonds. The molecule has 0 unspecified atom stereocenters. The van der Waals surface area contributed by atoms with Crippen molar-refractivity contribution in [1.29, 1.82) is 0 Å². The SMILES string of the molecule is Cc1ccc(C(=O)NNC(=O)Cc2c[nH]c3ccccc23)cc1[N+](=O)[O-]. The fourth-order valence-corrected chi connectivity index (χ4v) is 2.64. The van der Waals surface area contributed by atoms with E-state index < -0.39 is 16.7 Å². The van der Waals surface area contributed by atoms with Gasteiger partial charge in [0.2, 0.25) is 5.91 Å². The summed E-state index contributed by atoms with van der Waals surface area (Å²) in [4.78, 5) is 37.6. The largest absolute Gasteiger partial charge is 0.361 e. The average molecular weight is 352 g/mol. The van der Waals surface area contributed by atoms with Crippen LogP contribution in [0.2, 0.25) is 0 Å². The molecule has 1 heterocycles. The van der Waals surface area contributed by atoms with Gasteiger partial charge < -0.3 is 4.98 Å². The number of nitro benzene ring substituents is 1. The second kappa shape index (κ2) is 7.06. The van der Waals surface area contributed by atoms with Crippen LogP contribution in [0.25, 0.3) is 10.9 Å². The summed E-state index contributed by atoms with van der Waals surface area (Å²) in [7, 11) is 0. The molecule has 1 aromatic heterocycles. The average Bonchev–Trinajstić information content (AvgIpc) is 3.03. The summed E-state index contributed by atoms with van der Waals surface area (Å²) in [6.07, 6.45) is 1.83. The minimum atomic E-state index is -0.625. The first-order valence-corrected chi connectivity index (χ1v) is 7.85. The van der Waals surface area contributed by atoms with Gasteiger partial charge in [0.15, 0.2) is 0 Å². The number of aromatic nitrogens is 1. The highest BCUT2D eigenvalue weighted by atomic mass is 16.6. The molecule has 0 atom stereocenters. The second-order valence-electron chi connectivity index (χ2n) is 5.80. The number of nitrogens with one attached hydrogen (secondary N) is 3. The summed E-state index contributed by atoms with van der Waals surface area (Å²) >= 11 is 0. The van der Waals surface area contributed by atoms with Crippen LogP contribution in [0, 0.1) is 17.0 Å². The van der Waals surface area contributed by atoms with Crippen molar-refractivity contribution in [3.8, 4) is 0 Å². The van der Waals surface area contributed by atoms with Crippen molar-refractivity contribution in [2.45, 2.75) is 13.3 Å². The maximum atomic E-state index is 12.1. The summed E-state index contributed by atoms with van der Waals surface area (Å²) in [5, 5.41) is 11.9. The number of hydrogen-bond donors (Lipinski definition) is 3. The molecule has 0 radical (unpaired) electrons. The Balaban J connectivity index is 1.63.